The third-order valence-electron chi connectivity index (χ3n) is 3.58. The average Bonchev–Trinajstić information content (AvgIpc) is 2.54. The highest BCUT2D eigenvalue weighted by Gasteiger charge is 2.52. The Morgan fingerprint density at radius 2 is 2.06 bits per heavy atom. The highest BCUT2D eigenvalue weighted by Crippen LogP contribution is 2.39. The normalized spacial score (nSPS) is 37.2. The Morgan fingerprint density at radius 1 is 1.38 bits per heavy atom. The van der Waals surface area contributed by atoms with E-state index in [0.29, 0.717) is 19.3 Å². The molecule has 16 heavy (non-hydrogen) atoms. The van der Waals surface area contributed by atoms with Gasteiger partial charge in [0.1, 0.15) is 5.92 Å². The number of piperidine rings is 1. The summed E-state index contributed by atoms with van der Waals surface area (Å²) in [5.41, 5.74) is 0. The van der Waals surface area contributed by atoms with Crippen molar-refractivity contribution in [2.45, 2.75) is 37.5 Å². The van der Waals surface area contributed by atoms with Gasteiger partial charge in [-0.05, 0) is 19.3 Å². The maximum atomic E-state index is 11.5. The second kappa shape index (κ2) is 3.93. The lowest BCUT2D eigenvalue weighted by Crippen LogP contribution is -2.55. The summed E-state index contributed by atoms with van der Waals surface area (Å²) >= 11 is 0. The fourth-order valence-electron chi connectivity index (χ4n) is 2.93. The van der Waals surface area contributed by atoms with E-state index >= 15 is 0 Å². The van der Waals surface area contributed by atoms with Crippen molar-refractivity contribution >= 4 is 12.1 Å². The van der Waals surface area contributed by atoms with E-state index in [2.05, 4.69) is 4.74 Å². The molecule has 2 heterocycles. The Labute approximate surface area is 92.8 Å². The maximum absolute atomic E-state index is 11.5. The van der Waals surface area contributed by atoms with Gasteiger partial charge in [-0.3, -0.25) is 4.79 Å². The van der Waals surface area contributed by atoms with Gasteiger partial charge in [-0.25, -0.2) is 4.79 Å². The number of methoxy groups -OCH3 is 1. The fourth-order valence-corrected chi connectivity index (χ4v) is 2.93. The highest BCUT2D eigenvalue weighted by molar-refractivity contribution is 5.76. The minimum atomic E-state index is -1.02. The zero-order chi connectivity index (χ0) is 11.9. The van der Waals surface area contributed by atoms with Gasteiger partial charge < -0.3 is 19.8 Å². The Bertz CT molecular complexity index is 318. The average molecular weight is 229 g/mol. The van der Waals surface area contributed by atoms with Crippen molar-refractivity contribution in [2.24, 2.45) is 5.92 Å². The van der Waals surface area contributed by atoms with Crippen LogP contribution in [0.4, 0.5) is 4.79 Å². The van der Waals surface area contributed by atoms with Crippen LogP contribution < -0.4 is 0 Å². The third kappa shape index (κ3) is 1.53. The molecular formula is C10H15NO5. The molecule has 0 saturated carbocycles. The summed E-state index contributed by atoms with van der Waals surface area (Å²) in [6, 6.07) is -0.586. The zero-order valence-corrected chi connectivity index (χ0v) is 9.00. The Kier molecular flexibility index (Phi) is 2.75. The third-order valence-corrected chi connectivity index (χ3v) is 3.58. The standard InChI is InChI=1S/C10H15NO5/c1-16-9(13)8-6-3-2-5(4-7(8)12)11(6)10(14)15/h5-8,12H,2-4H2,1H3,(H,14,15). The second-order valence-corrected chi connectivity index (χ2v) is 4.34. The number of ether oxygens (including phenoxy) is 1. The molecule has 6 nitrogen and oxygen atoms in total. The molecule has 6 heteroatoms. The van der Waals surface area contributed by atoms with Gasteiger partial charge in [0.25, 0.3) is 0 Å². The van der Waals surface area contributed by atoms with Gasteiger partial charge in [-0.1, -0.05) is 0 Å². The van der Waals surface area contributed by atoms with Crippen LogP contribution in [0.25, 0.3) is 0 Å². The molecule has 2 N–H and O–H groups in total. The first-order valence-corrected chi connectivity index (χ1v) is 5.33. The predicted molar refractivity (Wildman–Crippen MR) is 52.8 cm³/mol. The molecule has 2 fully saturated rings. The van der Waals surface area contributed by atoms with E-state index in [1.165, 1.54) is 12.0 Å². The molecule has 0 radical (unpaired) electrons. The van der Waals surface area contributed by atoms with Gasteiger partial charge in [-0.15, -0.1) is 0 Å². The molecule has 0 spiro atoms. The van der Waals surface area contributed by atoms with Crippen LogP contribution in [-0.4, -0.2) is 52.5 Å². The zero-order valence-electron chi connectivity index (χ0n) is 9.00. The van der Waals surface area contributed by atoms with E-state index in [4.69, 9.17) is 5.11 Å². The van der Waals surface area contributed by atoms with Crippen LogP contribution in [-0.2, 0) is 9.53 Å². The second-order valence-electron chi connectivity index (χ2n) is 4.34. The summed E-state index contributed by atoms with van der Waals surface area (Å²) in [4.78, 5) is 23.9. The molecule has 0 aromatic rings. The maximum Gasteiger partial charge on any atom is 0.407 e. The summed E-state index contributed by atoms with van der Waals surface area (Å²) in [5, 5.41) is 18.9. The number of aliphatic hydroxyl groups is 1. The van der Waals surface area contributed by atoms with Crippen LogP contribution in [0.3, 0.4) is 0 Å². The summed E-state index contributed by atoms with van der Waals surface area (Å²) < 4.78 is 4.62. The van der Waals surface area contributed by atoms with Crippen molar-refractivity contribution in [1.29, 1.82) is 0 Å². The molecule has 2 saturated heterocycles. The number of hydrogen-bond donors (Lipinski definition) is 2. The van der Waals surface area contributed by atoms with Gasteiger partial charge in [0.15, 0.2) is 0 Å². The molecule has 1 amide bonds. The van der Waals surface area contributed by atoms with Crippen molar-refractivity contribution in [2.75, 3.05) is 7.11 Å². The number of hydrogen-bond acceptors (Lipinski definition) is 4. The molecular weight excluding hydrogens is 214 g/mol. The smallest absolute Gasteiger partial charge is 0.407 e. The molecule has 2 rings (SSSR count). The van der Waals surface area contributed by atoms with Gasteiger partial charge in [0, 0.05) is 6.04 Å². The van der Waals surface area contributed by atoms with Crippen LogP contribution in [0.1, 0.15) is 19.3 Å². The number of carbonyl (C=O) groups is 2. The van der Waals surface area contributed by atoms with E-state index in [-0.39, 0.29) is 6.04 Å². The van der Waals surface area contributed by atoms with Gasteiger partial charge in [0.2, 0.25) is 0 Å². The summed E-state index contributed by atoms with van der Waals surface area (Å²) in [7, 11) is 1.25. The molecule has 0 aromatic carbocycles. The first-order chi connectivity index (χ1) is 7.56. The Morgan fingerprint density at radius 3 is 2.62 bits per heavy atom. The van der Waals surface area contributed by atoms with Gasteiger partial charge in [-0.2, -0.15) is 0 Å². The number of carbonyl (C=O) groups excluding carboxylic acids is 1. The summed E-state index contributed by atoms with van der Waals surface area (Å²) in [6.45, 7) is 0. The number of nitrogens with zero attached hydrogens (tertiary/aromatic N) is 1. The lowest BCUT2D eigenvalue weighted by atomic mass is 9.88. The number of carboxylic acid groups (broad SMARTS) is 1. The summed E-state index contributed by atoms with van der Waals surface area (Å²) in [5.74, 6) is -1.26. The topological polar surface area (TPSA) is 87.1 Å². The first-order valence-electron chi connectivity index (χ1n) is 5.33. The van der Waals surface area contributed by atoms with Crippen molar-refractivity contribution < 1.29 is 24.5 Å². The molecule has 4 atom stereocenters. The van der Waals surface area contributed by atoms with Crippen molar-refractivity contribution in [3.63, 3.8) is 0 Å². The fraction of sp³-hybridized carbons (Fsp3) is 0.800. The van der Waals surface area contributed by atoms with Crippen molar-refractivity contribution in [3.8, 4) is 0 Å². The summed E-state index contributed by atoms with van der Waals surface area (Å²) in [6.07, 6.45) is -0.161. The van der Waals surface area contributed by atoms with E-state index in [0.717, 1.165) is 0 Å². The molecule has 2 bridgehead atoms. The minimum Gasteiger partial charge on any atom is -0.469 e. The van der Waals surface area contributed by atoms with E-state index in [1.54, 1.807) is 0 Å². The quantitative estimate of drug-likeness (QED) is 0.620. The van der Waals surface area contributed by atoms with Crippen LogP contribution >= 0.6 is 0 Å². The minimum absolute atomic E-state index is 0.154. The van der Waals surface area contributed by atoms with E-state index < -0.39 is 30.1 Å². The van der Waals surface area contributed by atoms with Crippen LogP contribution in [0.15, 0.2) is 0 Å². The Hall–Kier alpha value is -1.30. The first kappa shape index (κ1) is 11.2. The number of fused-ring (bicyclic) bond motifs is 2. The van der Waals surface area contributed by atoms with Crippen LogP contribution in [0.2, 0.25) is 0 Å². The molecule has 90 valence electrons. The SMILES string of the molecule is COC(=O)C1C(O)CC2CCC1N2C(=O)O. The number of amides is 1. The largest absolute Gasteiger partial charge is 0.469 e. The predicted octanol–water partition coefficient (Wildman–Crippen LogP) is 0.0512. The van der Waals surface area contributed by atoms with Crippen LogP contribution in [0.5, 0.6) is 0 Å². The van der Waals surface area contributed by atoms with Crippen molar-refractivity contribution in [3.05, 3.63) is 0 Å². The lowest BCUT2D eigenvalue weighted by molar-refractivity contribution is -0.155. The molecule has 2 aliphatic heterocycles. The molecule has 2 aliphatic rings. The monoisotopic (exact) mass is 229 g/mol. The number of aliphatic hydroxyl groups excluding tert-OH is 1. The van der Waals surface area contributed by atoms with E-state index in [1.807, 2.05) is 0 Å². The highest BCUT2D eigenvalue weighted by atomic mass is 16.5. The molecule has 0 aromatic heterocycles. The number of esters is 1. The lowest BCUT2D eigenvalue weighted by Gasteiger charge is -2.39. The van der Waals surface area contributed by atoms with Gasteiger partial charge in [0.05, 0.1) is 19.3 Å². The molecule has 4 unspecified atom stereocenters. The van der Waals surface area contributed by atoms with Crippen LogP contribution in [0, 0.1) is 5.92 Å². The molecule has 0 aliphatic carbocycles. The Balaban J connectivity index is 2.25. The van der Waals surface area contributed by atoms with Crippen molar-refractivity contribution in [1.82, 2.24) is 4.90 Å². The van der Waals surface area contributed by atoms with Gasteiger partial charge >= 0.3 is 12.1 Å². The number of rotatable bonds is 1. The van der Waals surface area contributed by atoms with E-state index in [9.17, 15) is 14.7 Å².